The Hall–Kier alpha value is -5.61. The van der Waals surface area contributed by atoms with Gasteiger partial charge in [0.25, 0.3) is 0 Å². The van der Waals surface area contributed by atoms with Crippen molar-refractivity contribution in [3.8, 4) is 22.6 Å². The molecule has 2 aliphatic heterocycles. The first-order valence-electron chi connectivity index (χ1n) is 22.2. The van der Waals surface area contributed by atoms with E-state index in [0.29, 0.717) is 49.6 Å². The maximum Gasteiger partial charge on any atom is 0.328 e. The van der Waals surface area contributed by atoms with Gasteiger partial charge in [-0.2, -0.15) is 0 Å². The van der Waals surface area contributed by atoms with Gasteiger partial charge in [-0.15, -0.1) is 0 Å². The third kappa shape index (κ3) is 9.71. The molecule has 0 bridgehead atoms. The summed E-state index contributed by atoms with van der Waals surface area (Å²) in [6.45, 7) is 8.06. The number of nitrogens with one attached hydrogen (secondary N) is 1. The van der Waals surface area contributed by atoms with Crippen molar-refractivity contribution in [3.05, 3.63) is 147 Å². The van der Waals surface area contributed by atoms with Gasteiger partial charge >= 0.3 is 5.97 Å². The standard InChI is InChI=1S/C52H57F2N3O5/c1-5-49(39-16-19-45(53)46(54)27-39)62-43-17-14-36(15-18-43)38-21-23-61-50-29-40-28-48(57(30-35-8-6-7-9-35)31-42(40)26-41(50)25-38)51(58)56-47(52(59)60-4)24-34-10-12-37(13-11-34)44-20-22-55-33(3)32(44)2/h10-20,22,26-27,29,35,38,47-49H,5-9,21,23-25,28,30-31H2,1-4H3,(H,56,58)/t38-,47+,48+,49-/m1/s1. The molecule has 1 fully saturated rings. The van der Waals surface area contributed by atoms with E-state index in [1.807, 2.05) is 50.4 Å². The lowest BCUT2D eigenvalue weighted by molar-refractivity contribution is -0.145. The molecule has 0 unspecified atom stereocenters. The number of hydrogen-bond acceptors (Lipinski definition) is 7. The Labute approximate surface area is 364 Å². The van der Waals surface area contributed by atoms with Crippen molar-refractivity contribution in [3.63, 3.8) is 0 Å². The number of hydrogen-bond donors (Lipinski definition) is 1. The lowest BCUT2D eigenvalue weighted by atomic mass is 9.86. The van der Waals surface area contributed by atoms with Crippen LogP contribution in [-0.2, 0) is 40.1 Å². The molecule has 4 aromatic carbocycles. The summed E-state index contributed by atoms with van der Waals surface area (Å²) in [4.78, 5) is 34.4. The molecule has 10 heteroatoms. The van der Waals surface area contributed by atoms with Gasteiger partial charge in [-0.25, -0.2) is 13.6 Å². The summed E-state index contributed by atoms with van der Waals surface area (Å²) in [6.07, 6.45) is 9.24. The van der Waals surface area contributed by atoms with Gasteiger partial charge in [0.2, 0.25) is 5.91 Å². The molecule has 8 nitrogen and oxygen atoms in total. The van der Waals surface area contributed by atoms with Crippen molar-refractivity contribution >= 4 is 11.9 Å². The number of aryl methyl sites for hydroxylation is 1. The molecular weight excluding hydrogens is 785 g/mol. The van der Waals surface area contributed by atoms with Crippen LogP contribution in [0.3, 0.4) is 0 Å². The molecule has 324 valence electrons. The third-order valence-corrected chi connectivity index (χ3v) is 13.3. The Balaban J connectivity index is 0.975. The summed E-state index contributed by atoms with van der Waals surface area (Å²) in [5, 5.41) is 3.13. The number of aromatic nitrogens is 1. The number of benzene rings is 4. The highest BCUT2D eigenvalue weighted by atomic mass is 19.2. The third-order valence-electron chi connectivity index (χ3n) is 13.3. The van der Waals surface area contributed by atoms with E-state index < -0.39 is 35.8 Å². The number of pyridine rings is 1. The van der Waals surface area contributed by atoms with Gasteiger partial charge in [0, 0.05) is 31.4 Å². The predicted molar refractivity (Wildman–Crippen MR) is 236 cm³/mol. The molecule has 0 radical (unpaired) electrons. The van der Waals surface area contributed by atoms with Gasteiger partial charge in [-0.3, -0.25) is 14.7 Å². The number of amides is 1. The molecule has 3 aliphatic rings. The first-order chi connectivity index (χ1) is 30.1. The molecule has 4 atom stereocenters. The van der Waals surface area contributed by atoms with Crippen LogP contribution in [0, 0.1) is 31.4 Å². The minimum absolute atomic E-state index is 0.165. The van der Waals surface area contributed by atoms with E-state index in [9.17, 15) is 18.4 Å². The van der Waals surface area contributed by atoms with Crippen molar-refractivity contribution < 1.29 is 32.6 Å². The van der Waals surface area contributed by atoms with E-state index in [1.165, 1.54) is 37.1 Å². The Morgan fingerprint density at radius 3 is 2.39 bits per heavy atom. The van der Waals surface area contributed by atoms with Crippen LogP contribution in [0.5, 0.6) is 11.5 Å². The van der Waals surface area contributed by atoms with Crippen molar-refractivity contribution in [1.82, 2.24) is 15.2 Å². The second-order valence-electron chi connectivity index (χ2n) is 17.4. The first kappa shape index (κ1) is 43.1. The van der Waals surface area contributed by atoms with Crippen LogP contribution in [0.25, 0.3) is 11.1 Å². The Morgan fingerprint density at radius 2 is 1.66 bits per heavy atom. The van der Waals surface area contributed by atoms with Crippen molar-refractivity contribution in [1.29, 1.82) is 0 Å². The number of ether oxygens (including phenoxy) is 3. The van der Waals surface area contributed by atoms with E-state index >= 15 is 0 Å². The maximum absolute atomic E-state index is 14.4. The summed E-state index contributed by atoms with van der Waals surface area (Å²) < 4.78 is 45.4. The largest absolute Gasteiger partial charge is 0.493 e. The van der Waals surface area contributed by atoms with Crippen LogP contribution in [0.4, 0.5) is 8.78 Å². The molecule has 3 heterocycles. The van der Waals surface area contributed by atoms with Gasteiger partial charge in [0.05, 0.1) is 19.8 Å². The quantitative estimate of drug-likeness (QED) is 0.118. The topological polar surface area (TPSA) is 90.0 Å². The van der Waals surface area contributed by atoms with Crippen molar-refractivity contribution in [2.24, 2.45) is 5.92 Å². The molecule has 5 aromatic rings. The second kappa shape index (κ2) is 19.2. The van der Waals surface area contributed by atoms with Gasteiger partial charge in [-0.05, 0) is 151 Å². The zero-order valence-corrected chi connectivity index (χ0v) is 36.2. The lowest BCUT2D eigenvalue weighted by Crippen LogP contribution is -2.55. The summed E-state index contributed by atoms with van der Waals surface area (Å²) in [5.41, 5.74) is 10.5. The van der Waals surface area contributed by atoms with Crippen LogP contribution >= 0.6 is 0 Å². The number of halogens is 2. The molecule has 1 amide bonds. The zero-order valence-electron chi connectivity index (χ0n) is 36.2. The second-order valence-corrected chi connectivity index (χ2v) is 17.4. The Kier molecular flexibility index (Phi) is 13.3. The average molecular weight is 842 g/mol. The first-order valence-corrected chi connectivity index (χ1v) is 22.2. The normalized spacial score (nSPS) is 18.7. The molecule has 1 aromatic heterocycles. The highest BCUT2D eigenvalue weighted by Gasteiger charge is 2.37. The van der Waals surface area contributed by atoms with Crippen molar-refractivity contribution in [2.75, 3.05) is 20.3 Å². The van der Waals surface area contributed by atoms with E-state index in [4.69, 9.17) is 14.2 Å². The fourth-order valence-electron chi connectivity index (χ4n) is 9.65. The number of esters is 1. The smallest absolute Gasteiger partial charge is 0.328 e. The highest BCUT2D eigenvalue weighted by Crippen LogP contribution is 2.39. The number of carbonyl (C=O) groups is 2. The van der Waals surface area contributed by atoms with E-state index in [0.717, 1.165) is 83.1 Å². The van der Waals surface area contributed by atoms with Gasteiger partial charge in [-0.1, -0.05) is 68.3 Å². The molecule has 1 saturated carbocycles. The number of methoxy groups -OCH3 is 1. The Morgan fingerprint density at radius 1 is 0.887 bits per heavy atom. The number of nitrogens with zero attached hydrogens (tertiary/aromatic N) is 2. The SMILES string of the molecule is CC[C@@H](Oc1ccc([C@@H]2CCOc3cc4c(cc3C2)CN(CC2CCCC2)[C@H](C(=O)N[C@@H](Cc2ccc(-c3ccnc(C)c3C)cc2)C(=O)OC)C4)cc1)c1ccc(F)c(F)c1. The molecule has 1 aliphatic carbocycles. The minimum Gasteiger partial charge on any atom is -0.493 e. The summed E-state index contributed by atoms with van der Waals surface area (Å²) in [5.74, 6) is -0.102. The van der Waals surface area contributed by atoms with Crippen molar-refractivity contribution in [2.45, 2.75) is 109 Å². The van der Waals surface area contributed by atoms with Crippen LogP contribution in [0.1, 0.15) is 102 Å². The summed E-state index contributed by atoms with van der Waals surface area (Å²) in [7, 11) is 1.37. The lowest BCUT2D eigenvalue weighted by Gasteiger charge is -2.38. The highest BCUT2D eigenvalue weighted by molar-refractivity contribution is 5.88. The molecule has 1 N–H and O–H groups in total. The monoisotopic (exact) mass is 841 g/mol. The number of fused-ring (bicyclic) bond motifs is 2. The van der Waals surface area contributed by atoms with Gasteiger partial charge in [0.15, 0.2) is 11.6 Å². The van der Waals surface area contributed by atoms with Crippen LogP contribution in [0.15, 0.2) is 91.1 Å². The van der Waals surface area contributed by atoms with Gasteiger partial charge < -0.3 is 19.5 Å². The van der Waals surface area contributed by atoms with Crippen LogP contribution in [0.2, 0.25) is 0 Å². The zero-order chi connectivity index (χ0) is 43.3. The maximum atomic E-state index is 14.4. The van der Waals surface area contributed by atoms with Crippen LogP contribution < -0.4 is 14.8 Å². The molecular formula is C52H57F2N3O5. The summed E-state index contributed by atoms with van der Waals surface area (Å²) in [6, 6.07) is 25.3. The fraction of sp³-hybridized carbons (Fsp3) is 0.404. The number of rotatable bonds is 13. The molecule has 0 spiro atoms. The molecule has 8 rings (SSSR count). The average Bonchev–Trinajstić information content (AvgIpc) is 3.71. The van der Waals surface area contributed by atoms with Gasteiger partial charge in [0.1, 0.15) is 23.6 Å². The van der Waals surface area contributed by atoms with E-state index in [1.54, 1.807) is 6.07 Å². The van der Waals surface area contributed by atoms with Crippen LogP contribution in [-0.4, -0.2) is 54.1 Å². The van der Waals surface area contributed by atoms with E-state index in [2.05, 4.69) is 58.5 Å². The van der Waals surface area contributed by atoms with E-state index in [-0.39, 0.29) is 11.8 Å². The molecule has 0 saturated heterocycles. The Bertz CT molecular complexity index is 2380. The fourth-order valence-corrected chi connectivity index (χ4v) is 9.65. The molecule has 62 heavy (non-hydrogen) atoms. The predicted octanol–water partition coefficient (Wildman–Crippen LogP) is 10.1. The summed E-state index contributed by atoms with van der Waals surface area (Å²) >= 11 is 0. The number of carbonyl (C=O) groups excluding carboxylic acids is 2. The minimum atomic E-state index is -0.880.